The van der Waals surface area contributed by atoms with Crippen molar-refractivity contribution in [3.63, 3.8) is 0 Å². The number of benzene rings is 1. The van der Waals surface area contributed by atoms with Crippen LogP contribution in [0.5, 0.6) is 0 Å². The van der Waals surface area contributed by atoms with E-state index in [1.807, 2.05) is 5.38 Å². The van der Waals surface area contributed by atoms with Gasteiger partial charge in [-0.25, -0.2) is 9.37 Å². The number of likely N-dealkylation sites (tertiary alicyclic amines) is 1. The van der Waals surface area contributed by atoms with Crippen molar-refractivity contribution in [1.82, 2.24) is 9.88 Å². The summed E-state index contributed by atoms with van der Waals surface area (Å²) in [5.74, 6) is 0.232. The van der Waals surface area contributed by atoms with E-state index in [9.17, 15) is 9.18 Å². The minimum absolute atomic E-state index is 0.0806. The maximum absolute atomic E-state index is 13.8. The molecule has 1 aromatic carbocycles. The van der Waals surface area contributed by atoms with E-state index in [1.165, 1.54) is 36.0 Å². The molecule has 1 saturated heterocycles. The molecule has 2 aromatic rings. The van der Waals surface area contributed by atoms with Crippen LogP contribution in [0.2, 0.25) is 5.02 Å². The van der Waals surface area contributed by atoms with Gasteiger partial charge in [-0.15, -0.1) is 11.3 Å². The molecule has 2 heterocycles. The molecule has 25 heavy (non-hydrogen) atoms. The third kappa shape index (κ3) is 4.77. The molecule has 1 fully saturated rings. The second kappa shape index (κ2) is 7.81. The first kappa shape index (κ1) is 18.3. The first-order valence-corrected chi connectivity index (χ1v) is 9.59. The third-order valence-corrected chi connectivity index (χ3v) is 5.32. The largest absolute Gasteiger partial charge is 0.298 e. The minimum atomic E-state index is -0.602. The van der Waals surface area contributed by atoms with E-state index in [0.717, 1.165) is 25.3 Å². The lowest BCUT2D eigenvalue weighted by molar-refractivity contribution is 0.102. The van der Waals surface area contributed by atoms with Crippen LogP contribution >= 0.6 is 22.9 Å². The lowest BCUT2D eigenvalue weighted by Gasteiger charge is -2.34. The standard InChI is InChI=1S/C18H21ClFN3OS/c1-11-5-12(2)8-23(7-11)9-14-10-25-18(21-14)22-17(24)15-6-13(19)3-4-16(15)20/h3-4,6,10-12H,5,7-9H2,1-2H3,(H,21,22,24)/t11-,12-/m0/s1. The number of carbonyl (C=O) groups is 1. The van der Waals surface area contributed by atoms with Crippen LogP contribution in [0, 0.1) is 17.7 Å². The Balaban J connectivity index is 1.63. The number of halogens is 2. The number of hydrogen-bond donors (Lipinski definition) is 1. The zero-order chi connectivity index (χ0) is 18.0. The molecule has 4 nitrogen and oxygen atoms in total. The predicted molar refractivity (Wildman–Crippen MR) is 99.7 cm³/mol. The Hall–Kier alpha value is -1.50. The summed E-state index contributed by atoms with van der Waals surface area (Å²) < 4.78 is 13.8. The van der Waals surface area contributed by atoms with Crippen molar-refractivity contribution < 1.29 is 9.18 Å². The number of piperidine rings is 1. The zero-order valence-electron chi connectivity index (χ0n) is 14.3. The molecule has 7 heteroatoms. The van der Waals surface area contributed by atoms with Crippen molar-refractivity contribution in [2.75, 3.05) is 18.4 Å². The number of thiazole rings is 1. The highest BCUT2D eigenvalue weighted by Crippen LogP contribution is 2.24. The summed E-state index contributed by atoms with van der Waals surface area (Å²) in [7, 11) is 0. The quantitative estimate of drug-likeness (QED) is 0.837. The molecule has 1 aliphatic heterocycles. The maximum atomic E-state index is 13.8. The highest BCUT2D eigenvalue weighted by molar-refractivity contribution is 7.14. The van der Waals surface area contributed by atoms with E-state index in [0.29, 0.717) is 22.0 Å². The van der Waals surface area contributed by atoms with Gasteiger partial charge in [-0.2, -0.15) is 0 Å². The Morgan fingerprint density at radius 1 is 1.40 bits per heavy atom. The Bertz CT molecular complexity index is 757. The van der Waals surface area contributed by atoms with Gasteiger partial charge in [0.15, 0.2) is 5.13 Å². The molecule has 0 bridgehead atoms. The molecule has 3 rings (SSSR count). The molecular weight excluding hydrogens is 361 g/mol. The minimum Gasteiger partial charge on any atom is -0.298 e. The van der Waals surface area contributed by atoms with Crippen LogP contribution in [0.15, 0.2) is 23.6 Å². The molecule has 1 aliphatic rings. The Kier molecular flexibility index (Phi) is 5.71. The molecule has 0 saturated carbocycles. The van der Waals surface area contributed by atoms with E-state index in [1.54, 1.807) is 0 Å². The van der Waals surface area contributed by atoms with Gasteiger partial charge in [0.05, 0.1) is 11.3 Å². The van der Waals surface area contributed by atoms with Crippen LogP contribution in [0.1, 0.15) is 36.3 Å². The van der Waals surface area contributed by atoms with Gasteiger partial charge < -0.3 is 0 Å². The Labute approximate surface area is 156 Å². The molecule has 134 valence electrons. The summed E-state index contributed by atoms with van der Waals surface area (Å²) >= 11 is 7.18. The summed E-state index contributed by atoms with van der Waals surface area (Å²) in [5, 5.41) is 5.38. The average molecular weight is 382 g/mol. The third-order valence-electron chi connectivity index (χ3n) is 4.28. The number of carbonyl (C=O) groups excluding carboxylic acids is 1. The van der Waals surface area contributed by atoms with Crippen molar-refractivity contribution in [3.8, 4) is 0 Å². The summed E-state index contributed by atoms with van der Waals surface area (Å²) in [6.07, 6.45) is 1.26. The number of aromatic nitrogens is 1. The topological polar surface area (TPSA) is 45.2 Å². The Morgan fingerprint density at radius 2 is 2.12 bits per heavy atom. The van der Waals surface area contributed by atoms with Gasteiger partial charge in [0.1, 0.15) is 5.82 Å². The first-order chi connectivity index (χ1) is 11.9. The summed E-state index contributed by atoms with van der Waals surface area (Å²) in [6.45, 7) is 7.45. The molecule has 0 aliphatic carbocycles. The van der Waals surface area contributed by atoms with Crippen molar-refractivity contribution in [2.24, 2.45) is 11.8 Å². The molecule has 0 spiro atoms. The fourth-order valence-electron chi connectivity index (χ4n) is 3.42. The van der Waals surface area contributed by atoms with Crippen molar-refractivity contribution in [2.45, 2.75) is 26.8 Å². The van der Waals surface area contributed by atoms with Gasteiger partial charge in [-0.1, -0.05) is 25.4 Å². The number of amides is 1. The second-order valence-electron chi connectivity index (χ2n) is 6.86. The van der Waals surface area contributed by atoms with E-state index < -0.39 is 11.7 Å². The van der Waals surface area contributed by atoms with Gasteiger partial charge in [-0.3, -0.25) is 15.0 Å². The average Bonchev–Trinajstić information content (AvgIpc) is 2.95. The number of nitrogens with one attached hydrogen (secondary N) is 1. The van der Waals surface area contributed by atoms with Gasteiger partial charge in [0.2, 0.25) is 0 Å². The zero-order valence-corrected chi connectivity index (χ0v) is 15.8. The van der Waals surface area contributed by atoms with Crippen molar-refractivity contribution in [1.29, 1.82) is 0 Å². The molecule has 0 unspecified atom stereocenters. The molecular formula is C18H21ClFN3OS. The molecule has 1 aromatic heterocycles. The highest BCUT2D eigenvalue weighted by Gasteiger charge is 2.22. The SMILES string of the molecule is C[C@H]1C[C@H](C)CN(Cc2csc(NC(=O)c3cc(Cl)ccc3F)n2)C1. The summed E-state index contributed by atoms with van der Waals surface area (Å²) in [6, 6.07) is 3.91. The number of anilines is 1. The normalized spacial score (nSPS) is 21.3. The van der Waals surface area contributed by atoms with E-state index in [4.69, 9.17) is 11.6 Å². The fraction of sp³-hybridized carbons (Fsp3) is 0.444. The molecule has 0 radical (unpaired) electrons. The van der Waals surface area contributed by atoms with Gasteiger partial charge in [0, 0.05) is 30.0 Å². The van der Waals surface area contributed by atoms with Crippen molar-refractivity contribution in [3.05, 3.63) is 45.7 Å². The number of rotatable bonds is 4. The predicted octanol–water partition coefficient (Wildman–Crippen LogP) is 4.67. The molecule has 2 atom stereocenters. The van der Waals surface area contributed by atoms with Crippen LogP contribution in [-0.2, 0) is 6.54 Å². The maximum Gasteiger partial charge on any atom is 0.260 e. The van der Waals surface area contributed by atoms with Crippen molar-refractivity contribution >= 4 is 34.0 Å². The first-order valence-electron chi connectivity index (χ1n) is 8.34. The second-order valence-corrected chi connectivity index (χ2v) is 8.16. The fourth-order valence-corrected chi connectivity index (χ4v) is 4.29. The lowest BCUT2D eigenvalue weighted by Crippen LogP contribution is -2.38. The van der Waals surface area contributed by atoms with Gasteiger partial charge in [0.25, 0.3) is 5.91 Å². The van der Waals surface area contributed by atoms with Crippen LogP contribution in [-0.4, -0.2) is 28.9 Å². The van der Waals surface area contributed by atoms with E-state index in [2.05, 4.69) is 29.0 Å². The number of hydrogen-bond acceptors (Lipinski definition) is 4. The van der Waals surface area contributed by atoms with Crippen LogP contribution < -0.4 is 5.32 Å². The number of nitrogens with zero attached hydrogens (tertiary/aromatic N) is 2. The lowest BCUT2D eigenvalue weighted by atomic mass is 9.92. The van der Waals surface area contributed by atoms with E-state index >= 15 is 0 Å². The van der Waals surface area contributed by atoms with Gasteiger partial charge >= 0.3 is 0 Å². The Morgan fingerprint density at radius 3 is 2.84 bits per heavy atom. The summed E-state index contributed by atoms with van der Waals surface area (Å²) in [5.41, 5.74) is 0.844. The van der Waals surface area contributed by atoms with Crippen LogP contribution in [0.4, 0.5) is 9.52 Å². The highest BCUT2D eigenvalue weighted by atomic mass is 35.5. The smallest absolute Gasteiger partial charge is 0.260 e. The van der Waals surface area contributed by atoms with E-state index in [-0.39, 0.29) is 5.56 Å². The van der Waals surface area contributed by atoms with Crippen LogP contribution in [0.3, 0.4) is 0 Å². The molecule has 1 amide bonds. The summed E-state index contributed by atoms with van der Waals surface area (Å²) in [4.78, 5) is 19.1. The molecule has 1 N–H and O–H groups in total. The monoisotopic (exact) mass is 381 g/mol. The van der Waals surface area contributed by atoms with Crippen LogP contribution in [0.25, 0.3) is 0 Å². The van der Waals surface area contributed by atoms with Gasteiger partial charge in [-0.05, 0) is 36.5 Å².